The molecule has 3 rings (SSSR count). The van der Waals surface area contributed by atoms with Gasteiger partial charge in [-0.2, -0.15) is 0 Å². The molecule has 1 fully saturated rings. The molecule has 0 saturated heterocycles. The van der Waals surface area contributed by atoms with Gasteiger partial charge in [0, 0.05) is 17.6 Å². The first kappa shape index (κ1) is 27.0. The number of hydrogen-bond donors (Lipinski definition) is 1. The number of carbonyl (C=O) groups is 2. The molecular weight excluding hydrogens is 486 g/mol. The van der Waals surface area contributed by atoms with Crippen LogP contribution in [0, 0.1) is 13.8 Å². The smallest absolute Gasteiger partial charge is 0.244 e. The number of rotatable bonds is 9. The van der Waals surface area contributed by atoms with Crippen molar-refractivity contribution in [1.82, 2.24) is 10.2 Å². The van der Waals surface area contributed by atoms with E-state index in [1.807, 2.05) is 19.9 Å². The Morgan fingerprint density at radius 2 is 1.69 bits per heavy atom. The van der Waals surface area contributed by atoms with Gasteiger partial charge in [0.1, 0.15) is 12.6 Å². The van der Waals surface area contributed by atoms with Crippen molar-refractivity contribution < 1.29 is 18.0 Å². The molecule has 1 saturated carbocycles. The summed E-state index contributed by atoms with van der Waals surface area (Å²) in [5, 5.41) is 3.62. The van der Waals surface area contributed by atoms with E-state index < -0.39 is 28.5 Å². The van der Waals surface area contributed by atoms with Crippen molar-refractivity contribution in [1.29, 1.82) is 0 Å². The highest BCUT2D eigenvalue weighted by molar-refractivity contribution is 7.92. The largest absolute Gasteiger partial charge is 0.352 e. The van der Waals surface area contributed by atoms with Gasteiger partial charge in [0.25, 0.3) is 0 Å². The molecule has 9 heteroatoms. The molecule has 0 heterocycles. The minimum atomic E-state index is -3.75. The van der Waals surface area contributed by atoms with E-state index in [-0.39, 0.29) is 18.5 Å². The standard InChI is InChI=1S/C26H34ClN3O4S/c1-18-9-14-24(15-19(18)2)30(35(4,33)34)17-25(31)29(16-21-10-12-22(27)13-11-21)20(3)26(32)28-23-7-5-6-8-23/h9-15,20,23H,5-8,16-17H2,1-4H3,(H,28,32). The molecule has 1 N–H and O–H groups in total. The summed E-state index contributed by atoms with van der Waals surface area (Å²) >= 11 is 6.01. The summed E-state index contributed by atoms with van der Waals surface area (Å²) in [5.74, 6) is -0.700. The van der Waals surface area contributed by atoms with Crippen LogP contribution in [-0.4, -0.2) is 50.0 Å². The summed E-state index contributed by atoms with van der Waals surface area (Å²) in [6.45, 7) is 5.26. The predicted molar refractivity (Wildman–Crippen MR) is 140 cm³/mol. The maximum atomic E-state index is 13.6. The van der Waals surface area contributed by atoms with Gasteiger partial charge in [-0.15, -0.1) is 0 Å². The average Bonchev–Trinajstić information content (AvgIpc) is 3.30. The van der Waals surface area contributed by atoms with Crippen LogP contribution >= 0.6 is 11.6 Å². The van der Waals surface area contributed by atoms with Gasteiger partial charge in [0.05, 0.1) is 11.9 Å². The number of sulfonamides is 1. The van der Waals surface area contributed by atoms with Crippen LogP contribution in [0.15, 0.2) is 42.5 Å². The molecule has 0 aromatic heterocycles. The first-order chi connectivity index (χ1) is 16.5. The minimum Gasteiger partial charge on any atom is -0.352 e. The van der Waals surface area contributed by atoms with Crippen LogP contribution in [0.25, 0.3) is 0 Å². The Balaban J connectivity index is 1.88. The van der Waals surface area contributed by atoms with Crippen LogP contribution < -0.4 is 9.62 Å². The summed E-state index contributed by atoms with van der Waals surface area (Å²) in [4.78, 5) is 28.1. The lowest BCUT2D eigenvalue weighted by molar-refractivity contribution is -0.139. The van der Waals surface area contributed by atoms with E-state index in [0.717, 1.165) is 52.9 Å². The molecule has 0 spiro atoms. The molecule has 2 amide bonds. The van der Waals surface area contributed by atoms with E-state index in [4.69, 9.17) is 11.6 Å². The maximum Gasteiger partial charge on any atom is 0.244 e. The van der Waals surface area contributed by atoms with Crippen molar-refractivity contribution in [3.8, 4) is 0 Å². The van der Waals surface area contributed by atoms with Crippen LogP contribution in [-0.2, 0) is 26.2 Å². The Hall–Kier alpha value is -2.58. The molecule has 0 aliphatic heterocycles. The molecule has 0 bridgehead atoms. The number of hydrogen-bond acceptors (Lipinski definition) is 4. The van der Waals surface area contributed by atoms with E-state index in [0.29, 0.717) is 10.7 Å². The molecule has 190 valence electrons. The van der Waals surface area contributed by atoms with E-state index >= 15 is 0 Å². The number of benzene rings is 2. The Labute approximate surface area is 213 Å². The second-order valence-electron chi connectivity index (χ2n) is 9.35. The highest BCUT2D eigenvalue weighted by Gasteiger charge is 2.31. The van der Waals surface area contributed by atoms with Crippen molar-refractivity contribution >= 4 is 39.1 Å². The summed E-state index contributed by atoms with van der Waals surface area (Å²) < 4.78 is 26.4. The zero-order valence-corrected chi connectivity index (χ0v) is 22.3. The molecule has 1 unspecified atom stereocenters. The molecule has 1 aliphatic rings. The Morgan fingerprint density at radius 1 is 1.06 bits per heavy atom. The maximum absolute atomic E-state index is 13.6. The van der Waals surface area contributed by atoms with Crippen LogP contribution in [0.3, 0.4) is 0 Å². The number of nitrogens with one attached hydrogen (secondary N) is 1. The average molecular weight is 520 g/mol. The topological polar surface area (TPSA) is 86.8 Å². The van der Waals surface area contributed by atoms with E-state index in [9.17, 15) is 18.0 Å². The summed E-state index contributed by atoms with van der Waals surface area (Å²) in [6.07, 6.45) is 5.09. The second kappa shape index (κ2) is 11.4. The Bertz CT molecular complexity index is 1160. The summed E-state index contributed by atoms with van der Waals surface area (Å²) in [6, 6.07) is 11.6. The Kier molecular flexibility index (Phi) is 8.83. The van der Waals surface area contributed by atoms with Crippen molar-refractivity contribution in [2.45, 2.75) is 65.1 Å². The third-order valence-corrected chi connectivity index (χ3v) is 7.99. The van der Waals surface area contributed by atoms with Crippen molar-refractivity contribution in [2.24, 2.45) is 0 Å². The fourth-order valence-corrected chi connectivity index (χ4v) is 5.22. The number of nitrogens with zero attached hydrogens (tertiary/aromatic N) is 2. The first-order valence-electron chi connectivity index (χ1n) is 11.8. The van der Waals surface area contributed by atoms with Crippen LogP contribution in [0.1, 0.15) is 49.3 Å². The van der Waals surface area contributed by atoms with Crippen molar-refractivity contribution in [2.75, 3.05) is 17.1 Å². The summed E-state index contributed by atoms with van der Waals surface area (Å²) in [7, 11) is -3.75. The fraction of sp³-hybridized carbons (Fsp3) is 0.462. The van der Waals surface area contributed by atoms with E-state index in [1.54, 1.807) is 43.3 Å². The zero-order valence-electron chi connectivity index (χ0n) is 20.8. The number of halogens is 1. The van der Waals surface area contributed by atoms with Gasteiger partial charge in [-0.3, -0.25) is 13.9 Å². The molecule has 1 atom stereocenters. The first-order valence-corrected chi connectivity index (χ1v) is 14.1. The molecule has 1 aliphatic carbocycles. The molecule has 2 aromatic carbocycles. The van der Waals surface area contributed by atoms with Crippen LogP contribution in [0.5, 0.6) is 0 Å². The lowest BCUT2D eigenvalue weighted by atomic mass is 10.1. The SMILES string of the molecule is Cc1ccc(N(CC(=O)N(Cc2ccc(Cl)cc2)C(C)C(=O)NC2CCCC2)S(C)(=O)=O)cc1C. The normalized spacial score (nSPS) is 15.0. The van der Waals surface area contributed by atoms with E-state index in [2.05, 4.69) is 5.32 Å². The minimum absolute atomic E-state index is 0.112. The lowest BCUT2D eigenvalue weighted by Gasteiger charge is -2.32. The van der Waals surface area contributed by atoms with Crippen LogP contribution in [0.4, 0.5) is 5.69 Å². The number of carbonyl (C=O) groups excluding carboxylic acids is 2. The number of amides is 2. The highest BCUT2D eigenvalue weighted by Crippen LogP contribution is 2.23. The lowest BCUT2D eigenvalue weighted by Crippen LogP contribution is -2.52. The number of aryl methyl sites for hydroxylation is 2. The Morgan fingerprint density at radius 3 is 2.26 bits per heavy atom. The van der Waals surface area contributed by atoms with Gasteiger partial charge in [-0.05, 0) is 74.6 Å². The van der Waals surface area contributed by atoms with Gasteiger partial charge in [-0.1, -0.05) is 42.6 Å². The molecule has 0 radical (unpaired) electrons. The summed E-state index contributed by atoms with van der Waals surface area (Å²) in [5.41, 5.74) is 3.15. The molecule has 35 heavy (non-hydrogen) atoms. The predicted octanol–water partition coefficient (Wildman–Crippen LogP) is 4.20. The second-order valence-corrected chi connectivity index (χ2v) is 11.7. The van der Waals surface area contributed by atoms with Gasteiger partial charge in [0.2, 0.25) is 21.8 Å². The third kappa shape index (κ3) is 7.21. The number of anilines is 1. The fourth-order valence-electron chi connectivity index (χ4n) is 4.26. The third-order valence-electron chi connectivity index (χ3n) is 6.59. The van der Waals surface area contributed by atoms with Crippen LogP contribution in [0.2, 0.25) is 5.02 Å². The highest BCUT2D eigenvalue weighted by atomic mass is 35.5. The zero-order chi connectivity index (χ0) is 25.8. The van der Waals surface area contributed by atoms with Gasteiger partial charge in [-0.25, -0.2) is 8.42 Å². The van der Waals surface area contributed by atoms with Gasteiger partial charge < -0.3 is 10.2 Å². The van der Waals surface area contributed by atoms with Gasteiger partial charge in [0.15, 0.2) is 0 Å². The molecule has 2 aromatic rings. The molecule has 7 nitrogen and oxygen atoms in total. The molecular formula is C26H34ClN3O4S. The van der Waals surface area contributed by atoms with E-state index in [1.165, 1.54) is 4.90 Å². The monoisotopic (exact) mass is 519 g/mol. The quantitative estimate of drug-likeness (QED) is 0.538. The van der Waals surface area contributed by atoms with Crippen molar-refractivity contribution in [3.63, 3.8) is 0 Å². The van der Waals surface area contributed by atoms with Crippen molar-refractivity contribution in [3.05, 3.63) is 64.2 Å². The van der Waals surface area contributed by atoms with Gasteiger partial charge >= 0.3 is 0 Å².